The van der Waals surface area contributed by atoms with Crippen molar-refractivity contribution in [2.45, 2.75) is 11.4 Å². The van der Waals surface area contributed by atoms with Crippen molar-refractivity contribution in [2.24, 2.45) is 0 Å². The highest BCUT2D eigenvalue weighted by molar-refractivity contribution is 7.90. The molecule has 0 saturated carbocycles. The summed E-state index contributed by atoms with van der Waals surface area (Å²) in [6, 6.07) is 22.7. The highest BCUT2D eigenvalue weighted by Gasteiger charge is 2.36. The molecule has 1 aromatic heterocycles. The molecule has 158 valence electrons. The smallest absolute Gasteiger partial charge is 0.261 e. The Bertz CT molecular complexity index is 1490. The molecule has 2 amide bonds. The minimum atomic E-state index is -3.52. The highest BCUT2D eigenvalue weighted by atomic mass is 32.2. The number of para-hydroxylation sites is 1. The first-order chi connectivity index (χ1) is 15.3. The molecule has 0 spiro atoms. The second kappa shape index (κ2) is 7.39. The minimum Gasteiger partial charge on any atom is -0.269 e. The molecule has 3 aromatic carbocycles. The van der Waals surface area contributed by atoms with Crippen LogP contribution >= 0.6 is 0 Å². The first-order valence-corrected chi connectivity index (χ1v) is 11.9. The number of rotatable bonds is 4. The fourth-order valence-electron chi connectivity index (χ4n) is 4.05. The van der Waals surface area contributed by atoms with Gasteiger partial charge >= 0.3 is 0 Å². The van der Waals surface area contributed by atoms with Crippen molar-refractivity contribution in [1.29, 1.82) is 0 Å². The average molecular weight is 442 g/mol. The maximum Gasteiger partial charge on any atom is 0.261 e. The van der Waals surface area contributed by atoms with Gasteiger partial charge in [0.15, 0.2) is 9.84 Å². The predicted molar refractivity (Wildman–Crippen MR) is 121 cm³/mol. The van der Waals surface area contributed by atoms with Crippen LogP contribution in [0, 0.1) is 0 Å². The monoisotopic (exact) mass is 442 g/mol. The molecule has 0 N–H and O–H groups in total. The number of sulfone groups is 1. The zero-order valence-corrected chi connectivity index (χ0v) is 18.0. The number of imide groups is 1. The van der Waals surface area contributed by atoms with Gasteiger partial charge in [0.05, 0.1) is 33.8 Å². The number of hydrogen-bond acceptors (Lipinski definition) is 5. The van der Waals surface area contributed by atoms with Gasteiger partial charge in [-0.25, -0.2) is 8.42 Å². The normalized spacial score (nSPS) is 13.6. The zero-order valence-electron chi connectivity index (χ0n) is 17.1. The number of hydrogen-bond donors (Lipinski definition) is 0. The quantitative estimate of drug-likeness (QED) is 0.444. The van der Waals surface area contributed by atoms with Crippen LogP contribution in [0.3, 0.4) is 0 Å². The molecule has 0 bridgehead atoms. The van der Waals surface area contributed by atoms with E-state index in [1.807, 2.05) is 30.3 Å². The summed E-state index contributed by atoms with van der Waals surface area (Å²) >= 11 is 0. The fourth-order valence-corrected chi connectivity index (χ4v) is 4.96. The van der Waals surface area contributed by atoms with Crippen molar-refractivity contribution in [3.05, 3.63) is 95.7 Å². The Hall–Kier alpha value is -3.84. The van der Waals surface area contributed by atoms with Gasteiger partial charge in [-0.05, 0) is 30.3 Å². The van der Waals surface area contributed by atoms with E-state index in [2.05, 4.69) is 0 Å². The van der Waals surface area contributed by atoms with E-state index in [9.17, 15) is 18.0 Å². The summed E-state index contributed by atoms with van der Waals surface area (Å²) in [5.74, 6) is -0.772. The van der Waals surface area contributed by atoms with Crippen LogP contribution in [0.5, 0.6) is 0 Å². The minimum absolute atomic E-state index is 0.0649. The van der Waals surface area contributed by atoms with Crippen LogP contribution in [0.2, 0.25) is 0 Å². The van der Waals surface area contributed by atoms with E-state index < -0.39 is 9.84 Å². The summed E-state index contributed by atoms with van der Waals surface area (Å²) in [7, 11) is -3.52. The molecular weight excluding hydrogens is 424 g/mol. The fraction of sp³-hybridized carbons (Fsp3) is 0.0800. The van der Waals surface area contributed by atoms with Crippen LogP contribution in [0.25, 0.3) is 22.0 Å². The maximum absolute atomic E-state index is 12.9. The Balaban J connectivity index is 1.70. The second-order valence-corrected chi connectivity index (χ2v) is 9.67. The van der Waals surface area contributed by atoms with Gasteiger partial charge in [-0.15, -0.1) is 0 Å². The second-order valence-electron chi connectivity index (χ2n) is 7.69. The number of benzene rings is 3. The maximum atomic E-state index is 12.9. The summed E-state index contributed by atoms with van der Waals surface area (Å²) in [6.45, 7) is -0.0649. The van der Waals surface area contributed by atoms with Gasteiger partial charge in [-0.1, -0.05) is 48.5 Å². The van der Waals surface area contributed by atoms with Crippen molar-refractivity contribution >= 4 is 32.6 Å². The third kappa shape index (κ3) is 3.27. The number of carbonyl (C=O) groups excluding carboxylic acids is 2. The molecule has 4 aromatic rings. The molecule has 0 radical (unpaired) electrons. The van der Waals surface area contributed by atoms with Crippen LogP contribution in [-0.4, -0.2) is 36.4 Å². The van der Waals surface area contributed by atoms with E-state index in [1.54, 1.807) is 48.5 Å². The molecule has 6 nitrogen and oxygen atoms in total. The first kappa shape index (κ1) is 20.1. The summed E-state index contributed by atoms with van der Waals surface area (Å²) in [4.78, 5) is 31.9. The molecule has 0 aliphatic carbocycles. The molecule has 0 saturated heterocycles. The molecule has 1 aliphatic rings. The lowest BCUT2D eigenvalue weighted by Gasteiger charge is -2.18. The van der Waals surface area contributed by atoms with Gasteiger partial charge in [0.25, 0.3) is 11.8 Å². The van der Waals surface area contributed by atoms with Crippen molar-refractivity contribution < 1.29 is 18.0 Å². The van der Waals surface area contributed by atoms with Crippen molar-refractivity contribution in [3.63, 3.8) is 0 Å². The van der Waals surface area contributed by atoms with Crippen LogP contribution in [0.15, 0.2) is 83.8 Å². The lowest BCUT2D eigenvalue weighted by Crippen LogP contribution is -2.29. The highest BCUT2D eigenvalue weighted by Crippen LogP contribution is 2.34. The first-order valence-electron chi connectivity index (χ1n) is 9.98. The summed E-state index contributed by atoms with van der Waals surface area (Å²) in [5, 5.41) is 0.830. The largest absolute Gasteiger partial charge is 0.269 e. The summed E-state index contributed by atoms with van der Waals surface area (Å²) < 4.78 is 24.9. The summed E-state index contributed by atoms with van der Waals surface area (Å²) in [6.07, 6.45) is 1.16. The van der Waals surface area contributed by atoms with Gasteiger partial charge < -0.3 is 0 Å². The van der Waals surface area contributed by atoms with E-state index in [0.717, 1.165) is 16.5 Å². The van der Waals surface area contributed by atoms with Gasteiger partial charge in [-0.3, -0.25) is 19.5 Å². The molecule has 1 aliphatic heterocycles. The van der Waals surface area contributed by atoms with Crippen LogP contribution < -0.4 is 0 Å². The molecule has 0 atom stereocenters. The zero-order chi connectivity index (χ0) is 22.5. The topological polar surface area (TPSA) is 84.4 Å². The van der Waals surface area contributed by atoms with Gasteiger partial charge in [0, 0.05) is 22.8 Å². The number of pyridine rings is 1. The Morgan fingerprint density at radius 1 is 0.750 bits per heavy atom. The third-order valence-corrected chi connectivity index (χ3v) is 6.72. The standard InChI is InChI=1S/C25H18N2O4S/c1-32(30,31)23-13-7-5-9-17(23)20-14-16-8-2-6-12-21(16)26-22(20)15-27-24(28)18-10-3-4-11-19(18)25(27)29/h2-14H,15H2,1H3. The van der Waals surface area contributed by atoms with Crippen molar-refractivity contribution in [3.8, 4) is 11.1 Å². The molecule has 0 fully saturated rings. The van der Waals surface area contributed by atoms with E-state index in [1.165, 1.54) is 0 Å². The number of fused-ring (bicyclic) bond motifs is 2. The lowest BCUT2D eigenvalue weighted by atomic mass is 10.0. The molecular formula is C25H18N2O4S. The van der Waals surface area contributed by atoms with Crippen molar-refractivity contribution in [1.82, 2.24) is 9.88 Å². The number of amides is 2. The van der Waals surface area contributed by atoms with Crippen LogP contribution in [0.4, 0.5) is 0 Å². The van der Waals surface area contributed by atoms with Gasteiger partial charge in [0.2, 0.25) is 0 Å². The van der Waals surface area contributed by atoms with Crippen LogP contribution in [0.1, 0.15) is 26.4 Å². The average Bonchev–Trinajstić information content (AvgIpc) is 3.03. The number of nitrogens with zero attached hydrogens (tertiary/aromatic N) is 2. The Morgan fingerprint density at radius 2 is 1.31 bits per heavy atom. The van der Waals surface area contributed by atoms with E-state index in [4.69, 9.17) is 4.98 Å². The molecule has 2 heterocycles. The Morgan fingerprint density at radius 3 is 1.97 bits per heavy atom. The Kier molecular flexibility index (Phi) is 4.64. The van der Waals surface area contributed by atoms with E-state index in [0.29, 0.717) is 33.5 Å². The van der Waals surface area contributed by atoms with Crippen LogP contribution in [-0.2, 0) is 16.4 Å². The molecule has 7 heteroatoms. The van der Waals surface area contributed by atoms with E-state index in [-0.39, 0.29) is 23.3 Å². The number of aromatic nitrogens is 1. The van der Waals surface area contributed by atoms with Gasteiger partial charge in [0.1, 0.15) is 0 Å². The van der Waals surface area contributed by atoms with Gasteiger partial charge in [-0.2, -0.15) is 0 Å². The third-order valence-electron chi connectivity index (χ3n) is 5.57. The molecule has 5 rings (SSSR count). The summed E-state index contributed by atoms with van der Waals surface area (Å²) in [5.41, 5.74) is 2.92. The SMILES string of the molecule is CS(=O)(=O)c1ccccc1-c1cc2ccccc2nc1CN1C(=O)c2ccccc2C1=O. The van der Waals surface area contributed by atoms with Crippen molar-refractivity contribution in [2.75, 3.05) is 6.26 Å². The predicted octanol–water partition coefficient (Wildman–Crippen LogP) is 4.10. The Labute approximate surface area is 185 Å². The molecule has 0 unspecified atom stereocenters. The number of carbonyl (C=O) groups is 2. The molecule has 32 heavy (non-hydrogen) atoms. The van der Waals surface area contributed by atoms with E-state index >= 15 is 0 Å². The lowest BCUT2D eigenvalue weighted by molar-refractivity contribution is 0.0640.